The molecule has 0 spiro atoms. The van der Waals surface area contributed by atoms with Crippen molar-refractivity contribution in [3.63, 3.8) is 0 Å². The highest BCUT2D eigenvalue weighted by Crippen LogP contribution is 2.45. The molecule has 1 aliphatic rings. The van der Waals surface area contributed by atoms with E-state index >= 15 is 0 Å². The van der Waals surface area contributed by atoms with Gasteiger partial charge in [-0.15, -0.1) is 0 Å². The first-order chi connectivity index (χ1) is 18.8. The Labute approximate surface area is 238 Å². The van der Waals surface area contributed by atoms with Crippen molar-refractivity contribution in [2.45, 2.75) is 79.4 Å². The van der Waals surface area contributed by atoms with Crippen LogP contribution in [-0.4, -0.2) is 46.3 Å². The second-order valence-electron chi connectivity index (χ2n) is 12.5. The Balaban J connectivity index is 1.74. The van der Waals surface area contributed by atoms with Crippen LogP contribution in [0.3, 0.4) is 0 Å². The first kappa shape index (κ1) is 29.5. The number of pyridine rings is 2. The van der Waals surface area contributed by atoms with Crippen LogP contribution in [0.1, 0.15) is 76.2 Å². The maximum atomic E-state index is 12.7. The van der Waals surface area contributed by atoms with E-state index < -0.39 is 17.7 Å². The highest BCUT2D eigenvalue weighted by Gasteiger charge is 2.36. The zero-order chi connectivity index (χ0) is 29.1. The first-order valence-corrected chi connectivity index (χ1v) is 14.1. The summed E-state index contributed by atoms with van der Waals surface area (Å²) >= 11 is 0. The number of ether oxygens (including phenoxy) is 2. The van der Waals surface area contributed by atoms with Gasteiger partial charge in [0.1, 0.15) is 5.75 Å². The van der Waals surface area contributed by atoms with E-state index in [0.29, 0.717) is 17.9 Å². The number of carbonyl (C=O) groups is 1. The number of piperidine rings is 1. The summed E-state index contributed by atoms with van der Waals surface area (Å²) in [5.41, 5.74) is 5.63. The van der Waals surface area contributed by atoms with Crippen molar-refractivity contribution in [3.05, 3.63) is 71.3 Å². The quantitative estimate of drug-likeness (QED) is 0.311. The van der Waals surface area contributed by atoms with Crippen LogP contribution >= 0.6 is 0 Å². The van der Waals surface area contributed by atoms with Crippen molar-refractivity contribution in [2.75, 3.05) is 24.6 Å². The minimum Gasteiger partial charge on any atom is -0.493 e. The molecule has 0 saturated carbocycles. The van der Waals surface area contributed by atoms with Gasteiger partial charge >= 0.3 is 5.97 Å². The normalized spacial score (nSPS) is 16.0. The number of aliphatic carboxylic acids is 1. The van der Waals surface area contributed by atoms with Gasteiger partial charge in [-0.3, -0.25) is 9.97 Å². The standard InChI is InChI=1S/C33H43N3O4/c1-22-27(24-11-13-26(14-12-24)39-21-15-25-10-8-9-18-34-25)29(36-19-16-33(6,7)17-20-36)28(23(2)35-22)30(31(37)38)40-32(3,4)5/h8-14,18,30H,15-17,19-21H2,1-7H3,(H,37,38). The van der Waals surface area contributed by atoms with Crippen molar-refractivity contribution >= 4 is 11.7 Å². The van der Waals surface area contributed by atoms with E-state index in [4.69, 9.17) is 14.5 Å². The van der Waals surface area contributed by atoms with Crippen LogP contribution in [0.15, 0.2) is 48.7 Å². The molecule has 1 saturated heterocycles. The molecule has 2 aromatic heterocycles. The van der Waals surface area contributed by atoms with Gasteiger partial charge < -0.3 is 19.5 Å². The van der Waals surface area contributed by atoms with E-state index in [9.17, 15) is 9.90 Å². The zero-order valence-electron chi connectivity index (χ0n) is 25.0. The third kappa shape index (κ3) is 7.19. The van der Waals surface area contributed by atoms with Crippen LogP contribution in [0.4, 0.5) is 5.69 Å². The molecule has 4 rings (SSSR count). The Bertz CT molecular complexity index is 1300. The highest BCUT2D eigenvalue weighted by atomic mass is 16.5. The van der Waals surface area contributed by atoms with Crippen molar-refractivity contribution in [2.24, 2.45) is 5.41 Å². The third-order valence-corrected chi connectivity index (χ3v) is 7.47. The molecule has 7 heteroatoms. The Hall–Kier alpha value is -3.45. The minimum absolute atomic E-state index is 0.246. The molecule has 0 bridgehead atoms. The topological polar surface area (TPSA) is 84.8 Å². The van der Waals surface area contributed by atoms with Crippen molar-refractivity contribution < 1.29 is 19.4 Å². The number of nitrogens with zero attached hydrogens (tertiary/aromatic N) is 3. The minimum atomic E-state index is -1.13. The fourth-order valence-electron chi connectivity index (χ4n) is 5.29. The molecule has 214 valence electrons. The molecule has 40 heavy (non-hydrogen) atoms. The zero-order valence-corrected chi connectivity index (χ0v) is 25.0. The lowest BCUT2D eigenvalue weighted by molar-refractivity contribution is -0.160. The number of carboxylic acid groups (broad SMARTS) is 1. The highest BCUT2D eigenvalue weighted by molar-refractivity contribution is 5.88. The van der Waals surface area contributed by atoms with Gasteiger partial charge in [0.15, 0.2) is 6.10 Å². The summed E-state index contributed by atoms with van der Waals surface area (Å²) in [6.07, 6.45) is 3.43. The Kier molecular flexibility index (Phi) is 8.83. The van der Waals surface area contributed by atoms with Crippen LogP contribution in [0.2, 0.25) is 0 Å². The smallest absolute Gasteiger partial charge is 0.337 e. The maximum Gasteiger partial charge on any atom is 0.337 e. The van der Waals surface area contributed by atoms with E-state index in [2.05, 4.69) is 23.7 Å². The Morgan fingerprint density at radius 3 is 2.30 bits per heavy atom. The van der Waals surface area contributed by atoms with E-state index in [-0.39, 0.29) is 5.41 Å². The van der Waals surface area contributed by atoms with Gasteiger partial charge in [0, 0.05) is 53.9 Å². The molecule has 3 aromatic rings. The number of aryl methyl sites for hydroxylation is 2. The number of hydrogen-bond donors (Lipinski definition) is 1. The molecule has 1 unspecified atom stereocenters. The lowest BCUT2D eigenvalue weighted by Crippen LogP contribution is -2.39. The lowest BCUT2D eigenvalue weighted by Gasteiger charge is -2.41. The summed E-state index contributed by atoms with van der Waals surface area (Å²) in [7, 11) is 0. The monoisotopic (exact) mass is 545 g/mol. The summed E-state index contributed by atoms with van der Waals surface area (Å²) < 4.78 is 12.2. The first-order valence-electron chi connectivity index (χ1n) is 14.1. The van der Waals surface area contributed by atoms with Gasteiger partial charge in [-0.05, 0) is 82.7 Å². The Morgan fingerprint density at radius 1 is 1.05 bits per heavy atom. The predicted molar refractivity (Wildman–Crippen MR) is 159 cm³/mol. The van der Waals surface area contributed by atoms with Gasteiger partial charge in [-0.25, -0.2) is 4.79 Å². The Morgan fingerprint density at radius 2 is 1.73 bits per heavy atom. The van der Waals surface area contributed by atoms with Crippen LogP contribution in [0.25, 0.3) is 11.1 Å². The SMILES string of the molecule is Cc1nc(C)c(C(OC(C)(C)C)C(=O)O)c(N2CCC(C)(C)CC2)c1-c1ccc(OCCc2ccccn2)cc1. The molecule has 1 N–H and O–H groups in total. The van der Waals surface area contributed by atoms with Crippen molar-refractivity contribution in [3.8, 4) is 16.9 Å². The van der Waals surface area contributed by atoms with Crippen LogP contribution in [-0.2, 0) is 16.0 Å². The molecule has 0 radical (unpaired) electrons. The molecule has 1 fully saturated rings. The van der Waals surface area contributed by atoms with Crippen molar-refractivity contribution in [1.29, 1.82) is 0 Å². The summed E-state index contributed by atoms with van der Waals surface area (Å²) in [6.45, 7) is 16.4. The summed E-state index contributed by atoms with van der Waals surface area (Å²) in [4.78, 5) is 24.2. The molecule has 1 atom stereocenters. The summed E-state index contributed by atoms with van der Waals surface area (Å²) in [5.74, 6) is -0.233. The molecule has 7 nitrogen and oxygen atoms in total. The van der Waals surface area contributed by atoms with Gasteiger partial charge in [0.05, 0.1) is 17.9 Å². The van der Waals surface area contributed by atoms with Crippen LogP contribution in [0.5, 0.6) is 5.75 Å². The summed E-state index contributed by atoms with van der Waals surface area (Å²) in [5, 5.41) is 10.4. The number of anilines is 1. The number of carboxylic acids is 1. The van der Waals surface area contributed by atoms with Crippen molar-refractivity contribution in [1.82, 2.24) is 9.97 Å². The second-order valence-corrected chi connectivity index (χ2v) is 12.5. The number of benzene rings is 1. The fourth-order valence-corrected chi connectivity index (χ4v) is 5.29. The van der Waals surface area contributed by atoms with Crippen LogP contribution in [0, 0.1) is 19.3 Å². The molecular formula is C33H43N3O4. The molecule has 0 aliphatic carbocycles. The van der Waals surface area contributed by atoms with E-state index in [1.165, 1.54) is 0 Å². The largest absolute Gasteiger partial charge is 0.493 e. The number of hydrogen-bond acceptors (Lipinski definition) is 6. The maximum absolute atomic E-state index is 12.7. The third-order valence-electron chi connectivity index (χ3n) is 7.47. The average Bonchev–Trinajstić information content (AvgIpc) is 2.88. The molecule has 1 aliphatic heterocycles. The number of aromatic nitrogens is 2. The average molecular weight is 546 g/mol. The summed E-state index contributed by atoms with van der Waals surface area (Å²) in [6, 6.07) is 13.9. The van der Waals surface area contributed by atoms with E-state index in [1.54, 1.807) is 6.20 Å². The van der Waals surface area contributed by atoms with Gasteiger partial charge in [0.25, 0.3) is 0 Å². The van der Waals surface area contributed by atoms with E-state index in [1.807, 2.05) is 77.1 Å². The molecule has 1 aromatic carbocycles. The van der Waals surface area contributed by atoms with Gasteiger partial charge in [-0.1, -0.05) is 32.0 Å². The van der Waals surface area contributed by atoms with Crippen LogP contribution < -0.4 is 9.64 Å². The molecular weight excluding hydrogens is 502 g/mol. The van der Waals surface area contributed by atoms with Gasteiger partial charge in [0.2, 0.25) is 0 Å². The molecule has 0 amide bonds. The van der Waals surface area contributed by atoms with Gasteiger partial charge in [-0.2, -0.15) is 0 Å². The van der Waals surface area contributed by atoms with E-state index in [0.717, 1.165) is 66.3 Å². The second kappa shape index (κ2) is 12.0. The predicted octanol–water partition coefficient (Wildman–Crippen LogP) is 6.95. The molecule has 3 heterocycles. The fraction of sp³-hybridized carbons (Fsp3) is 0.485. The lowest BCUT2D eigenvalue weighted by atomic mass is 9.82. The number of rotatable bonds is 9.